The van der Waals surface area contributed by atoms with Crippen molar-refractivity contribution in [2.45, 2.75) is 13.8 Å². The molecular formula is C14H23ClN2O2. The summed E-state index contributed by atoms with van der Waals surface area (Å²) in [5.74, 6) is 0.940. The van der Waals surface area contributed by atoms with Gasteiger partial charge in [0.15, 0.2) is 0 Å². The summed E-state index contributed by atoms with van der Waals surface area (Å²) >= 11 is 0. The Morgan fingerprint density at radius 2 is 1.95 bits per heavy atom. The third-order valence-electron chi connectivity index (χ3n) is 3.33. The number of aryl methyl sites for hydroxylation is 2. The molecule has 0 atom stereocenters. The Bertz CT molecular complexity index is 412. The minimum Gasteiger partial charge on any atom is -1.00 e. The molecule has 0 bridgehead atoms. The Morgan fingerprint density at radius 3 is 2.63 bits per heavy atom. The number of hydrogen-bond donors (Lipinski definition) is 1. The number of nitrogens with two attached hydrogens (primary N) is 1. The van der Waals surface area contributed by atoms with Gasteiger partial charge < -0.3 is 27.6 Å². The van der Waals surface area contributed by atoms with Crippen LogP contribution in [-0.4, -0.2) is 44.4 Å². The van der Waals surface area contributed by atoms with E-state index in [1.54, 1.807) is 0 Å². The van der Waals surface area contributed by atoms with Gasteiger partial charge in [-0.3, -0.25) is 4.90 Å². The molecule has 1 aliphatic rings. The van der Waals surface area contributed by atoms with Gasteiger partial charge in [0.05, 0.1) is 13.2 Å². The van der Waals surface area contributed by atoms with Gasteiger partial charge >= 0.3 is 1.43 Å². The number of rotatable bonds is 4. The number of benzene rings is 1. The van der Waals surface area contributed by atoms with Crippen molar-refractivity contribution in [3.63, 3.8) is 0 Å². The second-order valence-electron chi connectivity index (χ2n) is 4.78. The topological polar surface area (TPSA) is 47.7 Å². The van der Waals surface area contributed by atoms with Crippen LogP contribution in [0.3, 0.4) is 0 Å². The quantitative estimate of drug-likeness (QED) is 0.700. The van der Waals surface area contributed by atoms with Gasteiger partial charge in [0.25, 0.3) is 0 Å². The van der Waals surface area contributed by atoms with Crippen LogP contribution >= 0.6 is 0 Å². The smallest absolute Gasteiger partial charge is 1.00 e. The van der Waals surface area contributed by atoms with Crippen LogP contribution in [0.5, 0.6) is 5.75 Å². The first kappa shape index (κ1) is 16.1. The van der Waals surface area contributed by atoms with E-state index in [1.165, 1.54) is 0 Å². The summed E-state index contributed by atoms with van der Waals surface area (Å²) in [6, 6.07) is 3.99. The van der Waals surface area contributed by atoms with Gasteiger partial charge in [-0.25, -0.2) is 0 Å². The van der Waals surface area contributed by atoms with E-state index in [0.717, 1.165) is 55.4 Å². The zero-order valence-corrected chi connectivity index (χ0v) is 12.4. The molecule has 1 aromatic carbocycles. The molecule has 4 nitrogen and oxygen atoms in total. The highest BCUT2D eigenvalue weighted by Gasteiger charge is 2.10. The fourth-order valence-corrected chi connectivity index (χ4v) is 2.08. The van der Waals surface area contributed by atoms with Crippen LogP contribution in [0.25, 0.3) is 0 Å². The molecule has 0 aromatic heterocycles. The molecule has 19 heavy (non-hydrogen) atoms. The molecule has 108 valence electrons. The van der Waals surface area contributed by atoms with Crippen LogP contribution < -0.4 is 22.9 Å². The van der Waals surface area contributed by atoms with Crippen molar-refractivity contribution >= 4 is 5.69 Å². The molecule has 2 rings (SSSR count). The molecule has 0 saturated carbocycles. The van der Waals surface area contributed by atoms with Crippen molar-refractivity contribution in [2.75, 3.05) is 45.2 Å². The van der Waals surface area contributed by atoms with Crippen LogP contribution in [0.4, 0.5) is 5.69 Å². The van der Waals surface area contributed by atoms with Crippen molar-refractivity contribution in [1.82, 2.24) is 4.90 Å². The van der Waals surface area contributed by atoms with E-state index in [0.29, 0.717) is 6.61 Å². The maximum absolute atomic E-state index is 5.86. The first-order chi connectivity index (χ1) is 8.66. The summed E-state index contributed by atoms with van der Waals surface area (Å²) < 4.78 is 11.2. The molecule has 2 N–H and O–H groups in total. The Hall–Kier alpha value is -0.970. The fourth-order valence-electron chi connectivity index (χ4n) is 2.08. The zero-order chi connectivity index (χ0) is 13.0. The van der Waals surface area contributed by atoms with E-state index in [-0.39, 0.29) is 13.8 Å². The highest BCUT2D eigenvalue weighted by Crippen LogP contribution is 2.24. The SMILES string of the molecule is Cc1cc(OCCN2CCOCC2)c(C)cc1N.[Cl-].[H+]. The van der Waals surface area contributed by atoms with Gasteiger partial charge in [-0.05, 0) is 37.1 Å². The lowest BCUT2D eigenvalue weighted by Gasteiger charge is -2.26. The second kappa shape index (κ2) is 7.58. The lowest BCUT2D eigenvalue weighted by molar-refractivity contribution is -0.00000682. The first-order valence-electron chi connectivity index (χ1n) is 6.46. The maximum Gasteiger partial charge on any atom is 1.00 e. The molecule has 1 aromatic rings. The monoisotopic (exact) mass is 286 g/mol. The van der Waals surface area contributed by atoms with Crippen LogP contribution in [0.1, 0.15) is 12.6 Å². The van der Waals surface area contributed by atoms with E-state index in [9.17, 15) is 0 Å². The molecule has 0 amide bonds. The van der Waals surface area contributed by atoms with Crippen LogP contribution in [0.2, 0.25) is 0 Å². The van der Waals surface area contributed by atoms with Gasteiger partial charge in [-0.1, -0.05) is 0 Å². The average Bonchev–Trinajstić information content (AvgIpc) is 2.37. The molecule has 5 heteroatoms. The van der Waals surface area contributed by atoms with E-state index >= 15 is 0 Å². The Kier molecular flexibility index (Phi) is 6.42. The van der Waals surface area contributed by atoms with Crippen molar-refractivity contribution in [3.05, 3.63) is 23.3 Å². The number of anilines is 1. The van der Waals surface area contributed by atoms with Gasteiger partial charge in [0, 0.05) is 25.3 Å². The van der Waals surface area contributed by atoms with Gasteiger partial charge in [-0.2, -0.15) is 0 Å². The predicted octanol–water partition coefficient (Wildman–Crippen LogP) is -1.29. The Morgan fingerprint density at radius 1 is 1.26 bits per heavy atom. The largest absolute Gasteiger partial charge is 1.00 e. The molecule has 0 radical (unpaired) electrons. The fraction of sp³-hybridized carbons (Fsp3) is 0.571. The maximum atomic E-state index is 5.86. The van der Waals surface area contributed by atoms with Crippen molar-refractivity contribution < 1.29 is 23.3 Å². The third-order valence-corrected chi connectivity index (χ3v) is 3.33. The predicted molar refractivity (Wildman–Crippen MR) is 74.2 cm³/mol. The van der Waals surface area contributed by atoms with E-state index in [4.69, 9.17) is 15.2 Å². The number of hydrogen-bond acceptors (Lipinski definition) is 4. The standard InChI is InChI=1S/C14H22N2O2.ClH/c1-11-10-14(12(2)9-13(11)15)18-8-5-16-3-6-17-7-4-16;/h9-10H,3-8,15H2,1-2H3;1H. The molecule has 1 fully saturated rings. The lowest BCUT2D eigenvalue weighted by atomic mass is 10.1. The number of halogens is 1. The van der Waals surface area contributed by atoms with Crippen molar-refractivity contribution in [1.29, 1.82) is 0 Å². The van der Waals surface area contributed by atoms with Gasteiger partial charge in [0.2, 0.25) is 0 Å². The summed E-state index contributed by atoms with van der Waals surface area (Å²) in [5, 5.41) is 0. The lowest BCUT2D eigenvalue weighted by Crippen LogP contribution is -3.00. The normalized spacial score (nSPS) is 15.9. The first-order valence-corrected chi connectivity index (χ1v) is 6.46. The minimum absolute atomic E-state index is 0. The third kappa shape index (κ3) is 4.56. The minimum atomic E-state index is 0. The Labute approximate surface area is 122 Å². The summed E-state index contributed by atoms with van der Waals surface area (Å²) in [6.45, 7) is 9.37. The average molecular weight is 287 g/mol. The molecule has 0 aliphatic carbocycles. The number of nitrogen functional groups attached to an aromatic ring is 1. The molecule has 0 unspecified atom stereocenters. The summed E-state index contributed by atoms with van der Waals surface area (Å²) in [4.78, 5) is 2.36. The Balaban J connectivity index is 0.00000180. The number of ether oxygens (including phenoxy) is 2. The van der Waals surface area contributed by atoms with Crippen molar-refractivity contribution in [2.24, 2.45) is 0 Å². The van der Waals surface area contributed by atoms with Crippen LogP contribution in [0.15, 0.2) is 12.1 Å². The van der Waals surface area contributed by atoms with Crippen LogP contribution in [0, 0.1) is 13.8 Å². The molecule has 1 saturated heterocycles. The highest BCUT2D eigenvalue weighted by molar-refractivity contribution is 5.53. The molecule has 1 aliphatic heterocycles. The highest BCUT2D eigenvalue weighted by atomic mass is 35.5. The summed E-state index contributed by atoms with van der Waals surface area (Å²) in [5.41, 5.74) is 8.85. The zero-order valence-electron chi connectivity index (χ0n) is 12.6. The molecule has 1 heterocycles. The number of morpholine rings is 1. The van der Waals surface area contributed by atoms with Gasteiger partial charge in [0.1, 0.15) is 12.4 Å². The second-order valence-corrected chi connectivity index (χ2v) is 4.78. The molecule has 0 spiro atoms. The van der Waals surface area contributed by atoms with Crippen molar-refractivity contribution in [3.8, 4) is 5.75 Å². The van der Waals surface area contributed by atoms with E-state index in [1.807, 2.05) is 26.0 Å². The van der Waals surface area contributed by atoms with Crippen LogP contribution in [-0.2, 0) is 4.74 Å². The van der Waals surface area contributed by atoms with E-state index in [2.05, 4.69) is 4.90 Å². The van der Waals surface area contributed by atoms with E-state index < -0.39 is 0 Å². The summed E-state index contributed by atoms with van der Waals surface area (Å²) in [6.07, 6.45) is 0. The molecular weight excluding hydrogens is 264 g/mol. The summed E-state index contributed by atoms with van der Waals surface area (Å²) in [7, 11) is 0. The number of nitrogens with zero attached hydrogens (tertiary/aromatic N) is 1. The van der Waals surface area contributed by atoms with Gasteiger partial charge in [-0.15, -0.1) is 0 Å².